The van der Waals surface area contributed by atoms with Gasteiger partial charge in [-0.1, -0.05) is 26.0 Å². The molecule has 2 fully saturated rings. The Labute approximate surface area is 458 Å². The molecule has 3 aromatic heterocycles. The summed E-state index contributed by atoms with van der Waals surface area (Å²) in [4.78, 5) is 49.6. The Bertz CT molecular complexity index is 2970. The second kappa shape index (κ2) is 25.6. The molecular weight excluding hydrogens is 1020 g/mol. The molecular formula is C56H78FN11O9S. The number of fused-ring (bicyclic) bond motifs is 2. The molecule has 0 bridgehead atoms. The van der Waals surface area contributed by atoms with Gasteiger partial charge in [0.2, 0.25) is 11.8 Å². The third-order valence-corrected chi connectivity index (χ3v) is 17.3. The fraction of sp³-hybridized carbons (Fsp3) is 0.571. The lowest BCUT2D eigenvalue weighted by Gasteiger charge is -2.45. The van der Waals surface area contributed by atoms with Crippen LogP contribution in [-0.4, -0.2) is 195 Å². The van der Waals surface area contributed by atoms with E-state index in [9.17, 15) is 22.4 Å². The van der Waals surface area contributed by atoms with E-state index in [1.54, 1.807) is 45.0 Å². The molecule has 2 aromatic carbocycles. The van der Waals surface area contributed by atoms with E-state index in [-0.39, 0.29) is 78.2 Å². The van der Waals surface area contributed by atoms with Gasteiger partial charge < -0.3 is 44.1 Å². The van der Waals surface area contributed by atoms with Gasteiger partial charge in [-0.05, 0) is 90.3 Å². The molecule has 3 atom stereocenters. The maximum atomic E-state index is 14.3. The van der Waals surface area contributed by atoms with Crippen molar-refractivity contribution in [1.29, 1.82) is 0 Å². The summed E-state index contributed by atoms with van der Waals surface area (Å²) >= 11 is 0. The van der Waals surface area contributed by atoms with E-state index in [0.717, 1.165) is 59.9 Å². The highest BCUT2D eigenvalue weighted by molar-refractivity contribution is 7.92. The van der Waals surface area contributed by atoms with Gasteiger partial charge in [-0.15, -0.1) is 0 Å². The smallest absolute Gasteiger partial charge is 0.248 e. The number of halogens is 1. The molecule has 0 aliphatic carbocycles. The number of nitrogens with zero attached hydrogens (tertiary/aromatic N) is 8. The lowest BCUT2D eigenvalue weighted by Crippen LogP contribution is -2.63. The monoisotopic (exact) mass is 1100 g/mol. The summed E-state index contributed by atoms with van der Waals surface area (Å²) in [7, 11) is -3.84. The number of H-pyrrole nitrogens is 1. The van der Waals surface area contributed by atoms with Crippen LogP contribution < -0.4 is 20.3 Å². The van der Waals surface area contributed by atoms with Crippen molar-refractivity contribution < 1.29 is 46.1 Å². The van der Waals surface area contributed by atoms with Gasteiger partial charge in [0.25, 0.3) is 0 Å². The van der Waals surface area contributed by atoms with Crippen LogP contribution in [0.4, 0.5) is 21.7 Å². The Balaban J connectivity index is 0.699. The van der Waals surface area contributed by atoms with Crippen molar-refractivity contribution in [2.75, 3.05) is 122 Å². The van der Waals surface area contributed by atoms with Gasteiger partial charge in [0.05, 0.1) is 74.4 Å². The molecule has 2 amide bonds. The van der Waals surface area contributed by atoms with Crippen molar-refractivity contribution >= 4 is 49.9 Å². The van der Waals surface area contributed by atoms with Crippen molar-refractivity contribution in [3.8, 4) is 5.75 Å². The molecule has 424 valence electrons. The maximum absolute atomic E-state index is 14.3. The summed E-state index contributed by atoms with van der Waals surface area (Å²) < 4.78 is 68.8. The zero-order chi connectivity index (χ0) is 55.8. The molecule has 2 saturated heterocycles. The molecule has 0 spiro atoms. The zero-order valence-electron chi connectivity index (χ0n) is 46.7. The van der Waals surface area contributed by atoms with Crippen LogP contribution in [0.2, 0.25) is 0 Å². The highest BCUT2D eigenvalue weighted by Crippen LogP contribution is 2.40. The number of aromatic nitrogens is 5. The van der Waals surface area contributed by atoms with Crippen LogP contribution in [-0.2, 0) is 50.2 Å². The second-order valence-corrected chi connectivity index (χ2v) is 25.0. The predicted molar refractivity (Wildman–Crippen MR) is 296 cm³/mol. The molecule has 5 aromatic rings. The Hall–Kier alpha value is -5.72. The quantitative estimate of drug-likeness (QED) is 0.0661. The minimum Gasteiger partial charge on any atom is -0.490 e. The van der Waals surface area contributed by atoms with Gasteiger partial charge >= 0.3 is 0 Å². The van der Waals surface area contributed by atoms with E-state index < -0.39 is 14.6 Å². The third-order valence-electron chi connectivity index (χ3n) is 14.8. The standard InChI is InChI=1S/C56H78FN11O9S/c1-37-30-67(33-50(69)68-35-56(8,9)52-47(68)25-42(28-59-52)24-41-10-12-43(57)13-11-41)44(29-58-37)32-65-14-15-66(31-38(65)2)51(70)34-76-21-20-74-17-16-73-18-19-75-22-23-77-48-27-46-45(26-49(48)78(71,72)55(5,6)7)54(61-36-60-46)62-53-39(3)40(4)63-64-53/h10-13,25-28,36-38,44,58H,14-24,29-35H2,1-9H3,(H2,60,61,62,63,64)/t37-,38?,44-/m1/s1. The first kappa shape index (κ1) is 58.4. The summed E-state index contributed by atoms with van der Waals surface area (Å²) in [5, 5.41) is 14.6. The first-order valence-corrected chi connectivity index (χ1v) is 28.5. The van der Waals surface area contributed by atoms with Crippen molar-refractivity contribution in [3.63, 3.8) is 0 Å². The van der Waals surface area contributed by atoms with Crippen LogP contribution in [0.15, 0.2) is 59.9 Å². The number of aryl methyl sites for hydroxylation is 1. The molecule has 3 N–H and O–H groups in total. The highest BCUT2D eigenvalue weighted by Gasteiger charge is 2.41. The van der Waals surface area contributed by atoms with Crippen molar-refractivity contribution in [3.05, 3.63) is 88.9 Å². The number of piperazine rings is 2. The van der Waals surface area contributed by atoms with Gasteiger partial charge in [-0.2, -0.15) is 5.10 Å². The van der Waals surface area contributed by atoms with Gasteiger partial charge in [0.15, 0.2) is 15.7 Å². The largest absolute Gasteiger partial charge is 0.490 e. The number of carbonyl (C=O) groups is 2. The minimum absolute atomic E-state index is 0.0267. The minimum atomic E-state index is -3.84. The predicted octanol–water partition coefficient (Wildman–Crippen LogP) is 5.38. The summed E-state index contributed by atoms with van der Waals surface area (Å²) in [6.45, 7) is 24.5. The highest BCUT2D eigenvalue weighted by atomic mass is 32.2. The SMILES string of the molecule is Cc1[nH]nc(Nc2ncnc3cc(OCCOCCOCCOCCOCC(=O)N4CCN(C[C@H]5CN[C@H](C)CN5CC(=O)N5CC(C)(C)c6ncc(Cc7ccc(F)cc7)cc65)C(C)C4)c(S(=O)(=O)C(C)(C)C)cc23)c1C. The van der Waals surface area contributed by atoms with Crippen LogP contribution in [0.5, 0.6) is 5.75 Å². The summed E-state index contributed by atoms with van der Waals surface area (Å²) in [6.07, 6.45) is 3.87. The average Bonchev–Trinajstić information content (AvgIpc) is 3.96. The van der Waals surface area contributed by atoms with Crippen LogP contribution in [0.1, 0.15) is 76.5 Å². The number of hydrogen-bond acceptors (Lipinski definition) is 17. The normalized spacial score (nSPS) is 19.1. The van der Waals surface area contributed by atoms with E-state index in [4.69, 9.17) is 28.7 Å². The molecule has 3 aliphatic rings. The third kappa shape index (κ3) is 14.4. The number of anilines is 3. The molecule has 22 heteroatoms. The molecule has 8 rings (SSSR count). The second-order valence-electron chi connectivity index (χ2n) is 22.3. The Morgan fingerprint density at radius 1 is 0.833 bits per heavy atom. The number of pyridine rings is 1. The number of carbonyl (C=O) groups excluding carboxylic acids is 2. The lowest BCUT2D eigenvalue weighted by molar-refractivity contribution is -0.140. The summed E-state index contributed by atoms with van der Waals surface area (Å²) in [6, 6.07) is 12.2. The molecule has 1 unspecified atom stereocenters. The Kier molecular flexibility index (Phi) is 19.2. The number of hydrogen-bond donors (Lipinski definition) is 3. The van der Waals surface area contributed by atoms with Crippen LogP contribution in [0.3, 0.4) is 0 Å². The van der Waals surface area contributed by atoms with E-state index >= 15 is 0 Å². The molecule has 3 aliphatic heterocycles. The molecule has 0 radical (unpaired) electrons. The Morgan fingerprint density at radius 3 is 2.19 bits per heavy atom. The van der Waals surface area contributed by atoms with E-state index in [2.05, 4.69) is 74.4 Å². The topological polar surface area (TPSA) is 219 Å². The first-order valence-electron chi connectivity index (χ1n) is 27.0. The summed E-state index contributed by atoms with van der Waals surface area (Å²) in [5.41, 5.74) is 5.75. The van der Waals surface area contributed by atoms with Crippen LogP contribution in [0.25, 0.3) is 10.9 Å². The van der Waals surface area contributed by atoms with Gasteiger partial charge in [-0.25, -0.2) is 22.8 Å². The number of ether oxygens (including phenoxy) is 5. The number of amides is 2. The number of benzene rings is 2. The molecule has 0 saturated carbocycles. The average molecular weight is 1100 g/mol. The molecule has 6 heterocycles. The van der Waals surface area contributed by atoms with Crippen LogP contribution >= 0.6 is 0 Å². The van der Waals surface area contributed by atoms with E-state index in [1.165, 1.54) is 18.5 Å². The van der Waals surface area contributed by atoms with E-state index in [1.807, 2.05) is 29.8 Å². The van der Waals surface area contributed by atoms with E-state index in [0.29, 0.717) is 88.2 Å². The number of nitrogens with one attached hydrogen (secondary N) is 3. The lowest BCUT2D eigenvalue weighted by atomic mass is 9.91. The van der Waals surface area contributed by atoms with Crippen molar-refractivity contribution in [2.45, 2.75) is 102 Å². The number of rotatable bonds is 24. The summed E-state index contributed by atoms with van der Waals surface area (Å²) in [5.74, 6) is 0.905. The van der Waals surface area contributed by atoms with Gasteiger partial charge in [-0.3, -0.25) is 29.5 Å². The fourth-order valence-corrected chi connectivity index (χ4v) is 11.3. The maximum Gasteiger partial charge on any atom is 0.248 e. The van der Waals surface area contributed by atoms with Crippen molar-refractivity contribution in [1.82, 2.24) is 45.2 Å². The molecule has 20 nitrogen and oxygen atoms in total. The van der Waals surface area contributed by atoms with Crippen LogP contribution in [0, 0.1) is 19.7 Å². The van der Waals surface area contributed by atoms with Gasteiger partial charge in [0.1, 0.15) is 41.8 Å². The Morgan fingerprint density at radius 2 is 1.53 bits per heavy atom. The molecule has 78 heavy (non-hydrogen) atoms. The fourth-order valence-electron chi connectivity index (χ4n) is 10.0. The van der Waals surface area contributed by atoms with Crippen molar-refractivity contribution in [2.24, 2.45) is 0 Å². The number of sulfone groups is 1. The zero-order valence-corrected chi connectivity index (χ0v) is 47.5. The first-order chi connectivity index (χ1) is 37.2. The van der Waals surface area contributed by atoms with Gasteiger partial charge in [0, 0.05) is 98.3 Å². The number of aromatic amines is 1.